The quantitative estimate of drug-likeness (QED) is 0.785. The van der Waals surface area contributed by atoms with Crippen LogP contribution in [0.15, 0.2) is 18.2 Å². The van der Waals surface area contributed by atoms with Crippen molar-refractivity contribution >= 4 is 5.97 Å². The van der Waals surface area contributed by atoms with Crippen LogP contribution in [0.5, 0.6) is 0 Å². The first-order valence-corrected chi connectivity index (χ1v) is 8.73. The summed E-state index contributed by atoms with van der Waals surface area (Å²) in [6.07, 6.45) is 4.51. The molecule has 0 amide bonds. The predicted molar refractivity (Wildman–Crippen MR) is 91.4 cm³/mol. The van der Waals surface area contributed by atoms with E-state index in [4.69, 9.17) is 4.74 Å². The van der Waals surface area contributed by atoms with E-state index in [-0.39, 0.29) is 0 Å². The van der Waals surface area contributed by atoms with Gasteiger partial charge in [0.05, 0.1) is 0 Å². The fraction of sp³-hybridized carbons (Fsp3) is 0.632. The molecule has 1 unspecified atom stereocenters. The molecule has 1 atom stereocenters. The van der Waals surface area contributed by atoms with E-state index in [2.05, 4.69) is 18.7 Å². The summed E-state index contributed by atoms with van der Waals surface area (Å²) in [5.74, 6) is -0.569. The van der Waals surface area contributed by atoms with Crippen LogP contribution in [-0.2, 0) is 28.0 Å². The highest BCUT2D eigenvalue weighted by molar-refractivity contribution is 5.80. The number of aryl methyl sites for hydroxylation is 2. The number of ether oxygens (including phenoxy) is 1. The number of hydrogen-bond acceptors (Lipinski definition) is 4. The van der Waals surface area contributed by atoms with Gasteiger partial charge in [-0.05, 0) is 62.4 Å². The lowest BCUT2D eigenvalue weighted by atomic mass is 9.86. The molecule has 1 aliphatic rings. The van der Waals surface area contributed by atoms with Gasteiger partial charge in [0.1, 0.15) is 6.61 Å². The van der Waals surface area contributed by atoms with Crippen molar-refractivity contribution < 1.29 is 14.6 Å². The second kappa shape index (κ2) is 7.93. The van der Waals surface area contributed by atoms with Crippen LogP contribution in [0, 0.1) is 0 Å². The second-order valence-electron chi connectivity index (χ2n) is 6.43. The lowest BCUT2D eigenvalue weighted by Crippen LogP contribution is -2.36. The number of rotatable bonds is 7. The molecule has 1 N–H and O–H groups in total. The van der Waals surface area contributed by atoms with E-state index >= 15 is 0 Å². The Morgan fingerprint density at radius 2 is 1.87 bits per heavy atom. The summed E-state index contributed by atoms with van der Waals surface area (Å²) in [6, 6.07) is 5.87. The van der Waals surface area contributed by atoms with Gasteiger partial charge in [0.25, 0.3) is 0 Å². The zero-order valence-corrected chi connectivity index (χ0v) is 14.6. The molecule has 0 bridgehead atoms. The molecular weight excluding hydrogens is 290 g/mol. The largest absolute Gasteiger partial charge is 0.462 e. The summed E-state index contributed by atoms with van der Waals surface area (Å²) >= 11 is 0. The Balaban J connectivity index is 2.01. The van der Waals surface area contributed by atoms with Crippen molar-refractivity contribution in [2.24, 2.45) is 0 Å². The number of hydrogen-bond donors (Lipinski definition) is 1. The maximum atomic E-state index is 12.3. The van der Waals surface area contributed by atoms with Gasteiger partial charge in [-0.3, -0.25) is 0 Å². The van der Waals surface area contributed by atoms with Gasteiger partial charge in [0.15, 0.2) is 5.60 Å². The Hall–Kier alpha value is -1.39. The highest BCUT2D eigenvalue weighted by Gasteiger charge is 2.34. The number of fused-ring (bicyclic) bond motifs is 1. The average molecular weight is 319 g/mol. The Bertz CT molecular complexity index is 535. The maximum absolute atomic E-state index is 12.3. The third kappa shape index (κ3) is 4.33. The van der Waals surface area contributed by atoms with Crippen molar-refractivity contribution in [2.45, 2.75) is 52.1 Å². The summed E-state index contributed by atoms with van der Waals surface area (Å²) in [5, 5.41) is 10.6. The molecule has 0 fully saturated rings. The number of aliphatic hydroxyl groups is 1. The topological polar surface area (TPSA) is 49.8 Å². The molecule has 0 heterocycles. The zero-order chi connectivity index (χ0) is 16.9. The number of benzene rings is 1. The standard InChI is InChI=1S/C19H29NO3/c1-4-20(5-2)12-13-23-18(21)19(3,22)17-11-10-15-8-6-7-9-16(15)14-17/h10-11,14,22H,4-9,12-13H2,1-3H3. The Labute approximate surface area is 139 Å². The van der Waals surface area contributed by atoms with E-state index in [1.807, 2.05) is 18.2 Å². The molecule has 0 spiro atoms. The van der Waals surface area contributed by atoms with Gasteiger partial charge in [-0.2, -0.15) is 0 Å². The molecule has 0 aliphatic heterocycles. The number of carbonyl (C=O) groups is 1. The number of nitrogens with zero attached hydrogens (tertiary/aromatic N) is 1. The summed E-state index contributed by atoms with van der Waals surface area (Å²) in [5.41, 5.74) is 1.64. The van der Waals surface area contributed by atoms with Gasteiger partial charge in [-0.25, -0.2) is 4.79 Å². The third-order valence-electron chi connectivity index (χ3n) is 4.84. The van der Waals surface area contributed by atoms with E-state index in [0.717, 1.165) is 25.9 Å². The molecule has 0 saturated carbocycles. The number of esters is 1. The van der Waals surface area contributed by atoms with Gasteiger partial charge >= 0.3 is 5.97 Å². The molecule has 1 aliphatic carbocycles. The Morgan fingerprint density at radius 3 is 2.52 bits per heavy atom. The smallest absolute Gasteiger partial charge is 0.342 e. The van der Waals surface area contributed by atoms with Crippen molar-refractivity contribution in [1.29, 1.82) is 0 Å². The van der Waals surface area contributed by atoms with E-state index < -0.39 is 11.6 Å². The molecule has 128 valence electrons. The molecular formula is C19H29NO3. The minimum absolute atomic E-state index is 0.307. The first-order chi connectivity index (χ1) is 11.0. The van der Waals surface area contributed by atoms with Gasteiger partial charge in [0.2, 0.25) is 0 Å². The molecule has 0 aromatic heterocycles. The van der Waals surface area contributed by atoms with Gasteiger partial charge in [-0.15, -0.1) is 0 Å². The summed E-state index contributed by atoms with van der Waals surface area (Å²) in [6.45, 7) is 8.53. The van der Waals surface area contributed by atoms with E-state index in [0.29, 0.717) is 18.7 Å². The third-order valence-corrected chi connectivity index (χ3v) is 4.84. The summed E-state index contributed by atoms with van der Waals surface area (Å²) < 4.78 is 5.31. The molecule has 0 radical (unpaired) electrons. The van der Waals surface area contributed by atoms with Gasteiger partial charge < -0.3 is 14.7 Å². The van der Waals surface area contributed by atoms with Crippen LogP contribution in [0.1, 0.15) is 50.3 Å². The van der Waals surface area contributed by atoms with E-state index in [1.165, 1.54) is 30.9 Å². The normalized spacial score (nSPS) is 16.7. The lowest BCUT2D eigenvalue weighted by Gasteiger charge is -2.25. The van der Waals surface area contributed by atoms with Gasteiger partial charge in [0, 0.05) is 6.54 Å². The molecule has 1 aromatic rings. The molecule has 1 aromatic carbocycles. The summed E-state index contributed by atoms with van der Waals surface area (Å²) in [7, 11) is 0. The van der Waals surface area contributed by atoms with Crippen LogP contribution >= 0.6 is 0 Å². The monoisotopic (exact) mass is 319 g/mol. The van der Waals surface area contributed by atoms with Gasteiger partial charge in [-0.1, -0.05) is 32.0 Å². The first kappa shape index (κ1) is 18.0. The average Bonchev–Trinajstić information content (AvgIpc) is 2.58. The van der Waals surface area contributed by atoms with Crippen molar-refractivity contribution in [1.82, 2.24) is 4.90 Å². The van der Waals surface area contributed by atoms with Crippen LogP contribution in [0.3, 0.4) is 0 Å². The molecule has 0 saturated heterocycles. The van der Waals surface area contributed by atoms with Crippen LogP contribution in [-0.4, -0.2) is 42.2 Å². The predicted octanol–water partition coefficient (Wildman–Crippen LogP) is 2.66. The van der Waals surface area contributed by atoms with Crippen LogP contribution in [0.4, 0.5) is 0 Å². The van der Waals surface area contributed by atoms with Crippen LogP contribution < -0.4 is 0 Å². The molecule has 23 heavy (non-hydrogen) atoms. The number of likely N-dealkylation sites (N-methyl/N-ethyl adjacent to an activating group) is 1. The Kier molecular flexibility index (Phi) is 6.19. The van der Waals surface area contributed by atoms with Crippen molar-refractivity contribution in [3.63, 3.8) is 0 Å². The minimum Gasteiger partial charge on any atom is -0.462 e. The molecule has 4 nitrogen and oxygen atoms in total. The maximum Gasteiger partial charge on any atom is 0.342 e. The number of carbonyl (C=O) groups excluding carboxylic acids is 1. The van der Waals surface area contributed by atoms with Crippen molar-refractivity contribution in [2.75, 3.05) is 26.2 Å². The lowest BCUT2D eigenvalue weighted by molar-refractivity contribution is -0.165. The molecule has 2 rings (SSSR count). The molecule has 4 heteroatoms. The highest BCUT2D eigenvalue weighted by Crippen LogP contribution is 2.28. The minimum atomic E-state index is -1.59. The summed E-state index contributed by atoms with van der Waals surface area (Å²) in [4.78, 5) is 14.5. The van der Waals surface area contributed by atoms with Crippen molar-refractivity contribution in [3.8, 4) is 0 Å². The van der Waals surface area contributed by atoms with Crippen LogP contribution in [0.2, 0.25) is 0 Å². The second-order valence-corrected chi connectivity index (χ2v) is 6.43. The van der Waals surface area contributed by atoms with Crippen molar-refractivity contribution in [3.05, 3.63) is 34.9 Å². The van der Waals surface area contributed by atoms with E-state index in [9.17, 15) is 9.90 Å². The Morgan fingerprint density at radius 1 is 1.22 bits per heavy atom. The fourth-order valence-electron chi connectivity index (χ4n) is 3.10. The van der Waals surface area contributed by atoms with Crippen LogP contribution in [0.25, 0.3) is 0 Å². The SMILES string of the molecule is CCN(CC)CCOC(=O)C(C)(O)c1ccc2c(c1)CCCC2. The zero-order valence-electron chi connectivity index (χ0n) is 14.6. The highest BCUT2D eigenvalue weighted by atomic mass is 16.5. The first-order valence-electron chi connectivity index (χ1n) is 8.73. The fourth-order valence-corrected chi connectivity index (χ4v) is 3.10. The van der Waals surface area contributed by atoms with E-state index in [1.54, 1.807) is 0 Å².